The first-order chi connectivity index (χ1) is 9.38. The summed E-state index contributed by atoms with van der Waals surface area (Å²) in [5.41, 5.74) is 2.67. The highest BCUT2D eigenvalue weighted by atomic mass is 16.3. The molecule has 2 atom stereocenters. The molecule has 0 spiro atoms. The molecule has 1 aromatic heterocycles. The second-order valence-electron chi connectivity index (χ2n) is 5.65. The van der Waals surface area contributed by atoms with Gasteiger partial charge in [-0.25, -0.2) is 0 Å². The van der Waals surface area contributed by atoms with E-state index in [0.717, 1.165) is 19.5 Å². The van der Waals surface area contributed by atoms with Crippen molar-refractivity contribution < 1.29 is 5.11 Å². The third-order valence-electron chi connectivity index (χ3n) is 4.31. The molecule has 106 valence electrons. The highest BCUT2D eigenvalue weighted by Crippen LogP contribution is 2.30. The van der Waals surface area contributed by atoms with Crippen LogP contribution in [0.1, 0.15) is 43.0 Å². The number of aliphatic hydroxyl groups excluding tert-OH is 1. The van der Waals surface area contributed by atoms with Gasteiger partial charge in [0.15, 0.2) is 0 Å². The van der Waals surface area contributed by atoms with Crippen LogP contribution in [0.15, 0.2) is 6.20 Å². The number of aromatic nitrogens is 2. The van der Waals surface area contributed by atoms with E-state index in [-0.39, 0.29) is 6.61 Å². The Labute approximate surface area is 114 Å². The topological polar surface area (TPSA) is 62.1 Å². The van der Waals surface area contributed by atoms with Gasteiger partial charge in [0.2, 0.25) is 0 Å². The summed E-state index contributed by atoms with van der Waals surface area (Å²) in [6.07, 6.45) is 8.04. The monoisotopic (exact) mass is 264 g/mol. The average Bonchev–Trinajstić information content (AvgIpc) is 2.85. The molecule has 3 N–H and O–H groups in total. The quantitative estimate of drug-likeness (QED) is 0.745. The predicted octanol–water partition coefficient (Wildman–Crippen LogP) is 0.594. The van der Waals surface area contributed by atoms with E-state index in [1.54, 1.807) is 0 Å². The normalized spacial score (nSPS) is 27.2. The van der Waals surface area contributed by atoms with Crippen molar-refractivity contribution in [1.29, 1.82) is 0 Å². The minimum absolute atomic E-state index is 0.165. The zero-order valence-corrected chi connectivity index (χ0v) is 11.4. The Morgan fingerprint density at radius 2 is 2.37 bits per heavy atom. The van der Waals surface area contributed by atoms with Gasteiger partial charge in [-0.1, -0.05) is 0 Å². The van der Waals surface area contributed by atoms with E-state index in [9.17, 15) is 0 Å². The van der Waals surface area contributed by atoms with Gasteiger partial charge in [-0.15, -0.1) is 0 Å². The molecule has 0 radical (unpaired) electrons. The van der Waals surface area contributed by atoms with Crippen LogP contribution in [0.3, 0.4) is 0 Å². The van der Waals surface area contributed by atoms with Crippen molar-refractivity contribution in [3.63, 3.8) is 0 Å². The number of aliphatic hydroxyl groups is 1. The van der Waals surface area contributed by atoms with Crippen LogP contribution in [0, 0.1) is 0 Å². The molecule has 0 amide bonds. The van der Waals surface area contributed by atoms with Crippen molar-refractivity contribution in [3.8, 4) is 0 Å². The molecule has 5 nitrogen and oxygen atoms in total. The van der Waals surface area contributed by atoms with Crippen molar-refractivity contribution in [2.75, 3.05) is 19.7 Å². The lowest BCUT2D eigenvalue weighted by Crippen LogP contribution is -2.45. The minimum Gasteiger partial charge on any atom is -0.394 e. The standard InChI is InChI=1S/C14H24N4O/c19-8-7-18-14-5-1-4-13(12(14)10-16-18)17-11-3-2-6-15-9-11/h10-11,13,15,17,19H,1-9H2. The number of fused-ring (bicyclic) bond motifs is 1. The summed E-state index contributed by atoms with van der Waals surface area (Å²) in [5, 5.41) is 20.8. The van der Waals surface area contributed by atoms with Gasteiger partial charge >= 0.3 is 0 Å². The minimum atomic E-state index is 0.165. The molecule has 2 aliphatic rings. The Morgan fingerprint density at radius 1 is 1.42 bits per heavy atom. The SMILES string of the molecule is OCCn1ncc2c1CCCC2NC1CCCNC1. The van der Waals surface area contributed by atoms with Gasteiger partial charge in [0.05, 0.1) is 19.3 Å². The molecule has 19 heavy (non-hydrogen) atoms. The highest BCUT2D eigenvalue weighted by molar-refractivity contribution is 5.25. The molecule has 1 saturated heterocycles. The van der Waals surface area contributed by atoms with E-state index in [4.69, 9.17) is 5.11 Å². The van der Waals surface area contributed by atoms with Crippen LogP contribution >= 0.6 is 0 Å². The molecule has 5 heteroatoms. The van der Waals surface area contributed by atoms with Crippen LogP contribution in [-0.4, -0.2) is 40.6 Å². The number of piperidine rings is 1. The summed E-state index contributed by atoms with van der Waals surface area (Å²) in [4.78, 5) is 0. The van der Waals surface area contributed by atoms with Gasteiger partial charge in [-0.05, 0) is 38.6 Å². The first kappa shape index (κ1) is 13.1. The molecule has 0 saturated carbocycles. The third-order valence-corrected chi connectivity index (χ3v) is 4.31. The van der Waals surface area contributed by atoms with Gasteiger partial charge < -0.3 is 15.7 Å². The first-order valence-electron chi connectivity index (χ1n) is 7.50. The molecule has 0 bridgehead atoms. The molecule has 1 aliphatic carbocycles. The van der Waals surface area contributed by atoms with Crippen molar-refractivity contribution in [2.24, 2.45) is 0 Å². The van der Waals surface area contributed by atoms with Gasteiger partial charge in [0.1, 0.15) is 0 Å². The van der Waals surface area contributed by atoms with E-state index < -0.39 is 0 Å². The van der Waals surface area contributed by atoms with E-state index in [1.807, 2.05) is 10.9 Å². The predicted molar refractivity (Wildman–Crippen MR) is 74.0 cm³/mol. The summed E-state index contributed by atoms with van der Waals surface area (Å²) in [7, 11) is 0. The van der Waals surface area contributed by atoms with Crippen molar-refractivity contribution >= 4 is 0 Å². The molecule has 2 heterocycles. The van der Waals surface area contributed by atoms with Crippen LogP contribution in [0.2, 0.25) is 0 Å². The van der Waals surface area contributed by atoms with Crippen LogP contribution in [0.25, 0.3) is 0 Å². The van der Waals surface area contributed by atoms with E-state index in [0.29, 0.717) is 18.6 Å². The van der Waals surface area contributed by atoms with Gasteiger partial charge in [0.25, 0.3) is 0 Å². The molecule has 0 aromatic carbocycles. The second-order valence-corrected chi connectivity index (χ2v) is 5.65. The van der Waals surface area contributed by atoms with Crippen LogP contribution in [0.4, 0.5) is 0 Å². The average molecular weight is 264 g/mol. The van der Waals surface area contributed by atoms with E-state index in [2.05, 4.69) is 15.7 Å². The fourth-order valence-electron chi connectivity index (χ4n) is 3.36. The smallest absolute Gasteiger partial charge is 0.0644 e. The fraction of sp³-hybridized carbons (Fsp3) is 0.786. The summed E-state index contributed by atoms with van der Waals surface area (Å²) in [6.45, 7) is 3.02. The molecule has 1 fully saturated rings. The van der Waals surface area contributed by atoms with Crippen molar-refractivity contribution in [3.05, 3.63) is 17.5 Å². The largest absolute Gasteiger partial charge is 0.394 e. The molecule has 3 rings (SSSR count). The Kier molecular flexibility index (Phi) is 4.15. The lowest BCUT2D eigenvalue weighted by atomic mass is 9.91. The number of hydrogen-bond acceptors (Lipinski definition) is 4. The van der Waals surface area contributed by atoms with Crippen LogP contribution in [0.5, 0.6) is 0 Å². The summed E-state index contributed by atoms with van der Waals surface area (Å²) < 4.78 is 1.97. The Morgan fingerprint density at radius 3 is 3.16 bits per heavy atom. The Bertz CT molecular complexity index is 412. The fourth-order valence-corrected chi connectivity index (χ4v) is 3.36. The zero-order valence-electron chi connectivity index (χ0n) is 11.4. The van der Waals surface area contributed by atoms with E-state index in [1.165, 1.54) is 36.9 Å². The molecule has 1 aromatic rings. The Hall–Kier alpha value is -0.910. The maximum atomic E-state index is 9.08. The summed E-state index contributed by atoms with van der Waals surface area (Å²) in [6, 6.07) is 1.03. The lowest BCUT2D eigenvalue weighted by molar-refractivity contribution is 0.265. The molecule has 1 aliphatic heterocycles. The maximum Gasteiger partial charge on any atom is 0.0644 e. The molecular formula is C14H24N4O. The van der Waals surface area contributed by atoms with Crippen LogP contribution < -0.4 is 10.6 Å². The molecule has 2 unspecified atom stereocenters. The number of nitrogens with zero attached hydrogens (tertiary/aromatic N) is 2. The first-order valence-corrected chi connectivity index (χ1v) is 7.50. The van der Waals surface area contributed by atoms with Crippen LogP contribution in [-0.2, 0) is 13.0 Å². The third kappa shape index (κ3) is 2.83. The summed E-state index contributed by atoms with van der Waals surface area (Å²) in [5.74, 6) is 0. The lowest BCUT2D eigenvalue weighted by Gasteiger charge is -2.31. The summed E-state index contributed by atoms with van der Waals surface area (Å²) >= 11 is 0. The van der Waals surface area contributed by atoms with Gasteiger partial charge in [0, 0.05) is 29.9 Å². The number of hydrogen-bond donors (Lipinski definition) is 3. The number of nitrogens with one attached hydrogen (secondary N) is 2. The highest BCUT2D eigenvalue weighted by Gasteiger charge is 2.26. The van der Waals surface area contributed by atoms with E-state index >= 15 is 0 Å². The van der Waals surface area contributed by atoms with Gasteiger partial charge in [-0.3, -0.25) is 4.68 Å². The Balaban J connectivity index is 1.71. The van der Waals surface area contributed by atoms with Crippen molar-refractivity contribution in [2.45, 2.75) is 50.7 Å². The second kappa shape index (κ2) is 6.03. The molecular weight excluding hydrogens is 240 g/mol. The van der Waals surface area contributed by atoms with Crippen molar-refractivity contribution in [1.82, 2.24) is 20.4 Å². The number of rotatable bonds is 4. The van der Waals surface area contributed by atoms with Gasteiger partial charge in [-0.2, -0.15) is 5.10 Å². The maximum absolute atomic E-state index is 9.08. The zero-order chi connectivity index (χ0) is 13.1.